The molecule has 2 aromatic rings. The van der Waals surface area contributed by atoms with Crippen LogP contribution in [0.4, 0.5) is 10.1 Å². The molecular formula is C19H20BrFN2OS. The van der Waals surface area contributed by atoms with Crippen LogP contribution in [-0.2, 0) is 6.54 Å². The second-order valence-electron chi connectivity index (χ2n) is 6.12. The second-order valence-corrected chi connectivity index (χ2v) is 8.20. The number of carbonyl (C=O) groups excluding carboxylic acids is 1. The summed E-state index contributed by atoms with van der Waals surface area (Å²) in [5.74, 6) is 1.59. The molecule has 3 rings (SSSR count). The Kier molecular flexibility index (Phi) is 6.15. The van der Waals surface area contributed by atoms with Crippen LogP contribution in [0.5, 0.6) is 0 Å². The van der Waals surface area contributed by atoms with E-state index < -0.39 is 5.82 Å². The predicted octanol–water partition coefficient (Wildman–Crippen LogP) is 4.70. The van der Waals surface area contributed by atoms with Crippen molar-refractivity contribution in [2.75, 3.05) is 29.9 Å². The molecule has 1 aliphatic rings. The first-order valence-electron chi connectivity index (χ1n) is 8.19. The number of nitrogens with one attached hydrogen (secondary N) is 1. The lowest BCUT2D eigenvalue weighted by Crippen LogP contribution is -2.32. The molecule has 0 radical (unpaired) electrons. The van der Waals surface area contributed by atoms with Crippen molar-refractivity contribution < 1.29 is 9.18 Å². The third-order valence-corrected chi connectivity index (χ3v) is 5.87. The highest BCUT2D eigenvalue weighted by Gasteiger charge is 2.14. The molecule has 6 heteroatoms. The van der Waals surface area contributed by atoms with Gasteiger partial charge in [-0.2, -0.15) is 11.8 Å². The number of thioether (sulfide) groups is 1. The number of rotatable bonds is 4. The lowest BCUT2D eigenvalue weighted by molar-refractivity contribution is 0.102. The molecule has 0 aliphatic carbocycles. The Balaban J connectivity index is 1.76. The summed E-state index contributed by atoms with van der Waals surface area (Å²) < 4.78 is 14.0. The fourth-order valence-corrected chi connectivity index (χ4v) is 4.19. The van der Waals surface area contributed by atoms with E-state index in [1.54, 1.807) is 6.07 Å². The molecule has 25 heavy (non-hydrogen) atoms. The molecule has 0 saturated carbocycles. The second kappa shape index (κ2) is 8.34. The van der Waals surface area contributed by atoms with Gasteiger partial charge in [0.25, 0.3) is 5.91 Å². The van der Waals surface area contributed by atoms with E-state index in [0.29, 0.717) is 4.47 Å². The van der Waals surface area contributed by atoms with Gasteiger partial charge in [0.1, 0.15) is 5.82 Å². The van der Waals surface area contributed by atoms with E-state index in [0.717, 1.165) is 30.9 Å². The Hall–Kier alpha value is -1.37. The molecule has 0 bridgehead atoms. The van der Waals surface area contributed by atoms with Gasteiger partial charge in [0.15, 0.2) is 0 Å². The number of aryl methyl sites for hydroxylation is 1. The fourth-order valence-electron chi connectivity index (χ4n) is 2.78. The largest absolute Gasteiger partial charge is 0.322 e. The summed E-state index contributed by atoms with van der Waals surface area (Å²) in [6.45, 7) is 5.03. The summed E-state index contributed by atoms with van der Waals surface area (Å²) in [6, 6.07) is 10.2. The topological polar surface area (TPSA) is 32.3 Å². The summed E-state index contributed by atoms with van der Waals surface area (Å²) in [7, 11) is 0. The lowest BCUT2D eigenvalue weighted by atomic mass is 10.1. The van der Waals surface area contributed by atoms with E-state index in [1.165, 1.54) is 29.2 Å². The standard InChI is InChI=1S/C19H20BrFN2OS/c1-13-2-3-14(12-23-6-8-25-9-7-23)10-18(13)22-19(24)16-11-15(21)4-5-17(16)20/h2-5,10-11H,6-9,12H2,1H3,(H,22,24). The van der Waals surface area contributed by atoms with Crippen molar-refractivity contribution in [2.45, 2.75) is 13.5 Å². The molecule has 1 saturated heterocycles. The first kappa shape index (κ1) is 18.4. The number of nitrogens with zero attached hydrogens (tertiary/aromatic N) is 1. The highest BCUT2D eigenvalue weighted by atomic mass is 79.9. The molecule has 1 heterocycles. The summed E-state index contributed by atoms with van der Waals surface area (Å²) >= 11 is 5.30. The molecule has 0 spiro atoms. The lowest BCUT2D eigenvalue weighted by Gasteiger charge is -2.26. The molecule has 0 atom stereocenters. The summed E-state index contributed by atoms with van der Waals surface area (Å²) in [5.41, 5.74) is 3.22. The van der Waals surface area contributed by atoms with Crippen molar-refractivity contribution >= 4 is 39.3 Å². The Labute approximate surface area is 160 Å². The van der Waals surface area contributed by atoms with Gasteiger partial charge in [-0.1, -0.05) is 12.1 Å². The molecule has 1 amide bonds. The maximum Gasteiger partial charge on any atom is 0.256 e. The van der Waals surface area contributed by atoms with Crippen LogP contribution in [0.15, 0.2) is 40.9 Å². The van der Waals surface area contributed by atoms with Gasteiger partial charge >= 0.3 is 0 Å². The Morgan fingerprint density at radius 3 is 2.76 bits per heavy atom. The molecular weight excluding hydrogens is 403 g/mol. The summed E-state index contributed by atoms with van der Waals surface area (Å²) in [5, 5.41) is 2.91. The van der Waals surface area contributed by atoms with Crippen LogP contribution in [0.1, 0.15) is 21.5 Å². The maximum absolute atomic E-state index is 13.4. The fraction of sp³-hybridized carbons (Fsp3) is 0.316. The summed E-state index contributed by atoms with van der Waals surface area (Å²) in [6.07, 6.45) is 0. The van der Waals surface area contributed by atoms with Crippen molar-refractivity contribution in [3.8, 4) is 0 Å². The van der Waals surface area contributed by atoms with Gasteiger partial charge in [0.05, 0.1) is 5.56 Å². The van der Waals surface area contributed by atoms with E-state index in [2.05, 4.69) is 32.2 Å². The smallest absolute Gasteiger partial charge is 0.256 e. The SMILES string of the molecule is Cc1ccc(CN2CCSCC2)cc1NC(=O)c1cc(F)ccc1Br. The van der Waals surface area contributed by atoms with E-state index in [1.807, 2.05) is 30.8 Å². The minimum Gasteiger partial charge on any atom is -0.322 e. The minimum absolute atomic E-state index is 0.290. The average Bonchev–Trinajstić information content (AvgIpc) is 2.61. The van der Waals surface area contributed by atoms with Crippen LogP contribution in [0.25, 0.3) is 0 Å². The van der Waals surface area contributed by atoms with Crippen molar-refractivity contribution in [1.29, 1.82) is 0 Å². The number of benzene rings is 2. The highest BCUT2D eigenvalue weighted by molar-refractivity contribution is 9.10. The van der Waals surface area contributed by atoms with Gasteiger partial charge in [0.2, 0.25) is 0 Å². The Morgan fingerprint density at radius 2 is 2.00 bits per heavy atom. The molecule has 1 aliphatic heterocycles. The minimum atomic E-state index is -0.429. The number of hydrogen-bond donors (Lipinski definition) is 1. The van der Waals surface area contributed by atoms with Gasteiger partial charge in [-0.05, 0) is 58.2 Å². The van der Waals surface area contributed by atoms with Crippen molar-refractivity contribution in [3.63, 3.8) is 0 Å². The third kappa shape index (κ3) is 4.84. The van der Waals surface area contributed by atoms with E-state index in [4.69, 9.17) is 0 Å². The van der Waals surface area contributed by atoms with E-state index >= 15 is 0 Å². The van der Waals surface area contributed by atoms with Crippen LogP contribution in [0.2, 0.25) is 0 Å². The van der Waals surface area contributed by atoms with E-state index in [9.17, 15) is 9.18 Å². The van der Waals surface area contributed by atoms with Gasteiger partial charge < -0.3 is 5.32 Å². The monoisotopic (exact) mass is 422 g/mol. The first-order valence-corrected chi connectivity index (χ1v) is 10.1. The Bertz CT molecular complexity index is 778. The zero-order chi connectivity index (χ0) is 17.8. The van der Waals surface area contributed by atoms with Crippen LogP contribution in [-0.4, -0.2) is 35.4 Å². The number of anilines is 1. The zero-order valence-corrected chi connectivity index (χ0v) is 16.4. The molecule has 3 nitrogen and oxygen atoms in total. The Morgan fingerprint density at radius 1 is 1.24 bits per heavy atom. The number of carbonyl (C=O) groups is 1. The normalized spacial score (nSPS) is 15.2. The van der Waals surface area contributed by atoms with Crippen LogP contribution in [0, 0.1) is 12.7 Å². The zero-order valence-electron chi connectivity index (χ0n) is 14.0. The highest BCUT2D eigenvalue weighted by Crippen LogP contribution is 2.23. The molecule has 1 fully saturated rings. The number of hydrogen-bond acceptors (Lipinski definition) is 3. The first-order chi connectivity index (χ1) is 12.0. The predicted molar refractivity (Wildman–Crippen MR) is 106 cm³/mol. The molecule has 132 valence electrons. The molecule has 2 aromatic carbocycles. The number of halogens is 2. The maximum atomic E-state index is 13.4. The van der Waals surface area contributed by atoms with Gasteiger partial charge in [-0.3, -0.25) is 9.69 Å². The van der Waals surface area contributed by atoms with Gasteiger partial charge in [-0.25, -0.2) is 4.39 Å². The van der Waals surface area contributed by atoms with Crippen molar-refractivity contribution in [1.82, 2.24) is 4.90 Å². The van der Waals surface area contributed by atoms with Crippen LogP contribution < -0.4 is 5.32 Å². The van der Waals surface area contributed by atoms with Gasteiger partial charge in [-0.15, -0.1) is 0 Å². The number of amides is 1. The molecule has 1 N–H and O–H groups in total. The molecule has 0 unspecified atom stereocenters. The van der Waals surface area contributed by atoms with E-state index in [-0.39, 0.29) is 11.5 Å². The van der Waals surface area contributed by atoms with Gasteiger partial charge in [0, 0.05) is 41.3 Å². The van der Waals surface area contributed by atoms with Crippen molar-refractivity contribution in [3.05, 3.63) is 63.4 Å². The quantitative estimate of drug-likeness (QED) is 0.774. The summed E-state index contributed by atoms with van der Waals surface area (Å²) in [4.78, 5) is 14.9. The van der Waals surface area contributed by atoms with Crippen LogP contribution >= 0.6 is 27.7 Å². The molecule has 0 aromatic heterocycles. The van der Waals surface area contributed by atoms with Crippen molar-refractivity contribution in [2.24, 2.45) is 0 Å². The third-order valence-electron chi connectivity index (χ3n) is 4.23. The average molecular weight is 423 g/mol. The van der Waals surface area contributed by atoms with Crippen LogP contribution in [0.3, 0.4) is 0 Å².